The summed E-state index contributed by atoms with van der Waals surface area (Å²) in [5.41, 5.74) is 3.82. The van der Waals surface area contributed by atoms with E-state index in [9.17, 15) is 5.26 Å². The zero-order chi connectivity index (χ0) is 21.7. The van der Waals surface area contributed by atoms with Crippen molar-refractivity contribution in [3.8, 4) is 16.9 Å². The van der Waals surface area contributed by atoms with E-state index < -0.39 is 0 Å². The molecule has 1 heterocycles. The molecule has 1 atom stereocenters. The van der Waals surface area contributed by atoms with Crippen LogP contribution in [0.3, 0.4) is 0 Å². The largest absolute Gasteiger partial charge is 0.443 e. The molecule has 2 aromatic carbocycles. The van der Waals surface area contributed by atoms with E-state index in [0.717, 1.165) is 23.4 Å². The summed E-state index contributed by atoms with van der Waals surface area (Å²) in [6.45, 7) is 6.87. The van der Waals surface area contributed by atoms with Gasteiger partial charge in [0.1, 0.15) is 17.4 Å². The average Bonchev–Trinajstić information content (AvgIpc) is 3.17. The Morgan fingerprint density at radius 3 is 2.73 bits per heavy atom. The van der Waals surface area contributed by atoms with Crippen LogP contribution in [0.1, 0.15) is 42.1 Å². The van der Waals surface area contributed by atoms with Gasteiger partial charge in [-0.25, -0.2) is 4.99 Å². The normalized spacial score (nSPS) is 12.0. The van der Waals surface area contributed by atoms with Gasteiger partial charge in [-0.3, -0.25) is 0 Å². The lowest BCUT2D eigenvalue weighted by molar-refractivity contribution is 0.490. The van der Waals surface area contributed by atoms with Gasteiger partial charge in [0.15, 0.2) is 0 Å². The summed E-state index contributed by atoms with van der Waals surface area (Å²) in [5.74, 6) is 0.577. The van der Waals surface area contributed by atoms with Crippen LogP contribution in [-0.4, -0.2) is 29.2 Å². The Kier molecular flexibility index (Phi) is 7.09. The van der Waals surface area contributed by atoms with Crippen LogP contribution in [-0.2, 0) is 0 Å². The molecule has 1 unspecified atom stereocenters. The molecule has 1 aromatic heterocycles. The number of hydrogen-bond donors (Lipinski definition) is 0. The molecule has 0 aliphatic carbocycles. The van der Waals surface area contributed by atoms with Crippen LogP contribution in [0.5, 0.6) is 10.8 Å². The number of hydrogen-bond acceptors (Lipinski definition) is 5. The highest BCUT2D eigenvalue weighted by Gasteiger charge is 2.22. The summed E-state index contributed by atoms with van der Waals surface area (Å²) >= 11 is 7.59. The molecule has 30 heavy (non-hydrogen) atoms. The molecule has 0 fully saturated rings. The minimum atomic E-state index is -0.00796. The van der Waals surface area contributed by atoms with Gasteiger partial charge in [-0.05, 0) is 31.0 Å². The Morgan fingerprint density at radius 1 is 1.33 bits per heavy atom. The van der Waals surface area contributed by atoms with Crippen molar-refractivity contribution in [1.29, 1.82) is 5.26 Å². The maximum atomic E-state index is 9.76. The third-order valence-corrected chi connectivity index (χ3v) is 5.89. The van der Waals surface area contributed by atoms with E-state index in [1.54, 1.807) is 12.4 Å². The molecule has 3 rings (SSSR count). The van der Waals surface area contributed by atoms with E-state index in [1.807, 2.05) is 69.1 Å². The minimum Gasteiger partial charge on any atom is -0.443 e. The number of halogens is 1. The van der Waals surface area contributed by atoms with Crippen molar-refractivity contribution < 1.29 is 4.74 Å². The van der Waals surface area contributed by atoms with Gasteiger partial charge in [0.2, 0.25) is 5.06 Å². The monoisotopic (exact) mass is 438 g/mol. The molecule has 0 spiro atoms. The van der Waals surface area contributed by atoms with E-state index >= 15 is 0 Å². The average molecular weight is 439 g/mol. The topological polar surface area (TPSA) is 61.5 Å². The van der Waals surface area contributed by atoms with Gasteiger partial charge < -0.3 is 9.64 Å². The fourth-order valence-electron chi connectivity index (χ4n) is 2.85. The molecule has 0 aliphatic heterocycles. The number of benzene rings is 2. The first-order chi connectivity index (χ1) is 14.4. The SMILES string of the molecule is CCN(C)C=Nc1cc(C)c(Oc2snc(C(C)c3ccccc3)c2C#N)cc1Cl. The third kappa shape index (κ3) is 4.81. The number of nitrogens with zero attached hydrogens (tertiary/aromatic N) is 4. The number of aromatic nitrogens is 1. The van der Waals surface area contributed by atoms with E-state index in [0.29, 0.717) is 27.1 Å². The van der Waals surface area contributed by atoms with Crippen molar-refractivity contribution in [3.63, 3.8) is 0 Å². The second-order valence-electron chi connectivity index (χ2n) is 6.96. The molecule has 0 aliphatic rings. The Bertz CT molecular complexity index is 1090. The maximum Gasteiger partial charge on any atom is 0.218 e. The molecule has 0 radical (unpaired) electrons. The highest BCUT2D eigenvalue weighted by Crippen LogP contribution is 2.40. The number of aryl methyl sites for hydroxylation is 1. The second kappa shape index (κ2) is 9.75. The summed E-state index contributed by atoms with van der Waals surface area (Å²) in [7, 11) is 1.95. The highest BCUT2D eigenvalue weighted by molar-refractivity contribution is 7.08. The van der Waals surface area contributed by atoms with Crippen LogP contribution in [0.4, 0.5) is 5.69 Å². The summed E-state index contributed by atoms with van der Waals surface area (Å²) in [6.07, 6.45) is 1.75. The van der Waals surface area contributed by atoms with Crippen LogP contribution in [0.25, 0.3) is 0 Å². The fourth-order valence-corrected chi connectivity index (χ4v) is 3.86. The predicted octanol–water partition coefficient (Wildman–Crippen LogP) is 6.53. The van der Waals surface area contributed by atoms with Crippen LogP contribution in [0.2, 0.25) is 5.02 Å². The molecule has 0 amide bonds. The van der Waals surface area contributed by atoms with Gasteiger partial charge in [0, 0.05) is 37.1 Å². The van der Waals surface area contributed by atoms with Crippen LogP contribution < -0.4 is 4.74 Å². The minimum absolute atomic E-state index is 0.00796. The fraction of sp³-hybridized carbons (Fsp3) is 0.261. The van der Waals surface area contributed by atoms with Crippen molar-refractivity contribution in [1.82, 2.24) is 9.27 Å². The smallest absolute Gasteiger partial charge is 0.218 e. The quantitative estimate of drug-likeness (QED) is 0.310. The summed E-state index contributed by atoms with van der Waals surface area (Å²) in [5, 5.41) is 10.7. The van der Waals surface area contributed by atoms with E-state index in [2.05, 4.69) is 15.4 Å². The summed E-state index contributed by atoms with van der Waals surface area (Å²) in [4.78, 5) is 6.39. The first kappa shape index (κ1) is 21.8. The lowest BCUT2D eigenvalue weighted by Gasteiger charge is -2.12. The van der Waals surface area contributed by atoms with Gasteiger partial charge >= 0.3 is 0 Å². The van der Waals surface area contributed by atoms with Gasteiger partial charge in [-0.15, -0.1) is 0 Å². The summed E-state index contributed by atoms with van der Waals surface area (Å²) in [6, 6.07) is 15.9. The van der Waals surface area contributed by atoms with Crippen molar-refractivity contribution in [2.24, 2.45) is 4.99 Å². The van der Waals surface area contributed by atoms with Crippen molar-refractivity contribution in [2.75, 3.05) is 13.6 Å². The third-order valence-electron chi connectivity index (χ3n) is 4.85. The van der Waals surface area contributed by atoms with Gasteiger partial charge in [-0.1, -0.05) is 48.9 Å². The van der Waals surface area contributed by atoms with Crippen molar-refractivity contribution >= 4 is 35.2 Å². The molecular weight excluding hydrogens is 416 g/mol. The molecule has 0 N–H and O–H groups in total. The molecule has 0 bridgehead atoms. The van der Waals surface area contributed by atoms with Crippen LogP contribution >= 0.6 is 23.1 Å². The standard InChI is InChI=1S/C23H23ClN4OS/c1-5-28(4)14-26-20-11-15(2)21(12-19(20)24)29-23-18(13-25)22(27-30-23)16(3)17-9-7-6-8-10-17/h6-12,14,16H,5H2,1-4H3. The van der Waals surface area contributed by atoms with E-state index in [1.165, 1.54) is 11.5 Å². The molecule has 3 aromatic rings. The lowest BCUT2D eigenvalue weighted by atomic mass is 9.95. The summed E-state index contributed by atoms with van der Waals surface area (Å²) < 4.78 is 10.6. The Balaban J connectivity index is 1.88. The number of ether oxygens (including phenoxy) is 1. The first-order valence-corrected chi connectivity index (χ1v) is 10.8. The predicted molar refractivity (Wildman–Crippen MR) is 124 cm³/mol. The first-order valence-electron chi connectivity index (χ1n) is 9.61. The molecule has 7 heteroatoms. The van der Waals surface area contributed by atoms with Gasteiger partial charge in [0.25, 0.3) is 0 Å². The number of aliphatic imine (C=N–C) groups is 1. The molecule has 5 nitrogen and oxygen atoms in total. The van der Waals surface area contributed by atoms with E-state index in [4.69, 9.17) is 16.3 Å². The highest BCUT2D eigenvalue weighted by atomic mass is 35.5. The van der Waals surface area contributed by atoms with Crippen LogP contribution in [0, 0.1) is 18.3 Å². The van der Waals surface area contributed by atoms with Crippen LogP contribution in [0.15, 0.2) is 47.5 Å². The molecule has 0 saturated heterocycles. The Labute approximate surface area is 186 Å². The number of nitriles is 1. The Hall–Kier alpha value is -2.88. The van der Waals surface area contributed by atoms with Crippen molar-refractivity contribution in [3.05, 3.63) is 69.9 Å². The zero-order valence-corrected chi connectivity index (χ0v) is 19.0. The number of rotatable bonds is 7. The lowest BCUT2D eigenvalue weighted by Crippen LogP contribution is -2.14. The molecule has 154 valence electrons. The van der Waals surface area contributed by atoms with Crippen molar-refractivity contribution in [2.45, 2.75) is 26.7 Å². The van der Waals surface area contributed by atoms with Gasteiger partial charge in [0.05, 0.1) is 22.7 Å². The second-order valence-corrected chi connectivity index (χ2v) is 8.11. The maximum absolute atomic E-state index is 9.76. The van der Waals surface area contributed by atoms with E-state index in [-0.39, 0.29) is 5.92 Å². The molecular formula is C23H23ClN4OS. The molecule has 0 saturated carbocycles. The Morgan fingerprint density at radius 2 is 2.07 bits per heavy atom. The zero-order valence-electron chi connectivity index (χ0n) is 17.4. The van der Waals surface area contributed by atoms with Gasteiger partial charge in [-0.2, -0.15) is 9.64 Å².